The summed E-state index contributed by atoms with van der Waals surface area (Å²) in [5, 5.41) is 5.76. The molecule has 3 aromatic rings. The molecule has 0 amide bonds. The Morgan fingerprint density at radius 1 is 1.21 bits per heavy atom. The number of aromatic nitrogens is 3. The number of fused-ring (bicyclic) bond motifs is 1. The van der Waals surface area contributed by atoms with E-state index in [1.165, 1.54) is 0 Å². The van der Waals surface area contributed by atoms with Crippen molar-refractivity contribution in [1.29, 1.82) is 0 Å². The molecule has 0 atom stereocenters. The molecule has 0 aliphatic rings. The number of benzene rings is 1. The van der Waals surface area contributed by atoms with Crippen molar-refractivity contribution in [1.82, 2.24) is 14.8 Å². The molecule has 96 valence electrons. The maximum absolute atomic E-state index is 6.05. The van der Waals surface area contributed by atoms with Crippen molar-refractivity contribution < 1.29 is 4.74 Å². The molecule has 1 aromatic carbocycles. The first-order valence-electron chi connectivity index (χ1n) is 5.53. The quantitative estimate of drug-likeness (QED) is 0.676. The summed E-state index contributed by atoms with van der Waals surface area (Å²) in [4.78, 5) is 4.00. The molecule has 0 unspecified atom stereocenters. The van der Waals surface area contributed by atoms with Gasteiger partial charge < -0.3 is 4.74 Å². The number of hydrogen-bond donors (Lipinski definition) is 0. The standard InChI is InChI=1S/C13H9Cl2N3O/c1-19-9-4-2-3-8(5-9)18-11-6-12(14)17-13(15)10(11)7-16-18/h2-7H,1H3. The van der Waals surface area contributed by atoms with E-state index >= 15 is 0 Å². The maximum atomic E-state index is 6.05. The molecule has 0 fully saturated rings. The van der Waals surface area contributed by atoms with Gasteiger partial charge in [-0.3, -0.25) is 0 Å². The first-order chi connectivity index (χ1) is 9.19. The second kappa shape index (κ2) is 4.72. The van der Waals surface area contributed by atoms with Crippen LogP contribution in [-0.2, 0) is 0 Å². The molecule has 0 N–H and O–H groups in total. The molecular weight excluding hydrogens is 285 g/mol. The lowest BCUT2D eigenvalue weighted by Gasteiger charge is -2.06. The summed E-state index contributed by atoms with van der Waals surface area (Å²) >= 11 is 12.0. The smallest absolute Gasteiger partial charge is 0.141 e. The van der Waals surface area contributed by atoms with Gasteiger partial charge in [0.2, 0.25) is 0 Å². The SMILES string of the molecule is COc1cccc(-n2ncc3c(Cl)nc(Cl)cc32)c1. The first kappa shape index (κ1) is 12.3. The number of rotatable bonds is 2. The Morgan fingerprint density at radius 2 is 2.05 bits per heavy atom. The largest absolute Gasteiger partial charge is 0.497 e. The van der Waals surface area contributed by atoms with E-state index in [-0.39, 0.29) is 0 Å². The molecule has 0 saturated carbocycles. The summed E-state index contributed by atoms with van der Waals surface area (Å²) < 4.78 is 6.95. The Morgan fingerprint density at radius 3 is 2.84 bits per heavy atom. The monoisotopic (exact) mass is 293 g/mol. The number of nitrogens with zero attached hydrogens (tertiary/aromatic N) is 3. The highest BCUT2D eigenvalue weighted by Gasteiger charge is 2.10. The molecule has 0 radical (unpaired) electrons. The highest BCUT2D eigenvalue weighted by molar-refractivity contribution is 6.36. The number of halogens is 2. The van der Waals surface area contributed by atoms with E-state index in [1.807, 2.05) is 24.3 Å². The average molecular weight is 294 g/mol. The zero-order valence-corrected chi connectivity index (χ0v) is 11.5. The molecule has 0 aliphatic heterocycles. The van der Waals surface area contributed by atoms with Crippen LogP contribution in [0.3, 0.4) is 0 Å². The number of pyridine rings is 1. The van der Waals surface area contributed by atoms with Gasteiger partial charge in [0.1, 0.15) is 16.1 Å². The van der Waals surface area contributed by atoms with Gasteiger partial charge in [-0.15, -0.1) is 0 Å². The van der Waals surface area contributed by atoms with E-state index in [4.69, 9.17) is 27.9 Å². The second-order valence-corrected chi connectivity index (χ2v) is 4.67. The molecule has 19 heavy (non-hydrogen) atoms. The van der Waals surface area contributed by atoms with Crippen LogP contribution < -0.4 is 4.74 Å². The lowest BCUT2D eigenvalue weighted by molar-refractivity contribution is 0.414. The Hall–Kier alpha value is -1.78. The van der Waals surface area contributed by atoms with Gasteiger partial charge in [0, 0.05) is 12.1 Å². The molecule has 2 heterocycles. The average Bonchev–Trinajstić information content (AvgIpc) is 2.82. The Bertz CT molecular complexity index is 755. The third-order valence-corrected chi connectivity index (χ3v) is 3.27. The van der Waals surface area contributed by atoms with Gasteiger partial charge in [-0.05, 0) is 12.1 Å². The van der Waals surface area contributed by atoms with E-state index in [9.17, 15) is 0 Å². The number of methoxy groups -OCH3 is 1. The van der Waals surface area contributed by atoms with Gasteiger partial charge in [-0.25, -0.2) is 9.67 Å². The molecule has 0 bridgehead atoms. The van der Waals surface area contributed by atoms with E-state index in [2.05, 4.69) is 10.1 Å². The van der Waals surface area contributed by atoms with Gasteiger partial charge in [-0.1, -0.05) is 29.3 Å². The van der Waals surface area contributed by atoms with Crippen molar-refractivity contribution in [3.05, 3.63) is 46.8 Å². The Kier molecular flexibility index (Phi) is 3.05. The highest BCUT2D eigenvalue weighted by atomic mass is 35.5. The predicted molar refractivity (Wildman–Crippen MR) is 75.4 cm³/mol. The minimum Gasteiger partial charge on any atom is -0.497 e. The van der Waals surface area contributed by atoms with Crippen molar-refractivity contribution in [3.8, 4) is 11.4 Å². The highest BCUT2D eigenvalue weighted by Crippen LogP contribution is 2.27. The van der Waals surface area contributed by atoms with Crippen molar-refractivity contribution in [2.75, 3.05) is 7.11 Å². The van der Waals surface area contributed by atoms with Crippen LogP contribution in [0, 0.1) is 0 Å². The third kappa shape index (κ3) is 2.13. The Labute approximate surface area is 119 Å². The number of hydrogen-bond acceptors (Lipinski definition) is 3. The lowest BCUT2D eigenvalue weighted by Crippen LogP contribution is -1.96. The summed E-state index contributed by atoms with van der Waals surface area (Å²) in [6.07, 6.45) is 1.67. The van der Waals surface area contributed by atoms with Crippen LogP contribution in [0.5, 0.6) is 5.75 Å². The van der Waals surface area contributed by atoms with Gasteiger partial charge in [0.25, 0.3) is 0 Å². The first-order valence-corrected chi connectivity index (χ1v) is 6.29. The summed E-state index contributed by atoms with van der Waals surface area (Å²) in [5.41, 5.74) is 1.67. The van der Waals surface area contributed by atoms with Crippen molar-refractivity contribution in [2.24, 2.45) is 0 Å². The van der Waals surface area contributed by atoms with Crippen LogP contribution in [0.25, 0.3) is 16.6 Å². The van der Waals surface area contributed by atoms with Crippen molar-refractivity contribution in [2.45, 2.75) is 0 Å². The fourth-order valence-electron chi connectivity index (χ4n) is 1.90. The summed E-state index contributed by atoms with van der Waals surface area (Å²) in [6.45, 7) is 0. The lowest BCUT2D eigenvalue weighted by atomic mass is 10.3. The van der Waals surface area contributed by atoms with Crippen LogP contribution in [0.1, 0.15) is 0 Å². The molecule has 3 rings (SSSR count). The van der Waals surface area contributed by atoms with Crippen LogP contribution in [0.15, 0.2) is 36.5 Å². The summed E-state index contributed by atoms with van der Waals surface area (Å²) in [6, 6.07) is 9.31. The zero-order chi connectivity index (χ0) is 13.4. The molecule has 0 spiro atoms. The topological polar surface area (TPSA) is 39.9 Å². The van der Waals surface area contributed by atoms with Gasteiger partial charge in [-0.2, -0.15) is 5.10 Å². The minimum atomic E-state index is 0.335. The van der Waals surface area contributed by atoms with Crippen molar-refractivity contribution >= 4 is 34.1 Å². The Balaban J connectivity index is 2.25. The number of ether oxygens (including phenoxy) is 1. The zero-order valence-electron chi connectivity index (χ0n) is 9.97. The van der Waals surface area contributed by atoms with Gasteiger partial charge in [0.15, 0.2) is 0 Å². The normalized spacial score (nSPS) is 10.9. The molecule has 2 aromatic heterocycles. The van der Waals surface area contributed by atoms with Crippen LogP contribution in [0.2, 0.25) is 10.3 Å². The fraction of sp³-hybridized carbons (Fsp3) is 0.0769. The minimum absolute atomic E-state index is 0.335. The molecule has 4 nitrogen and oxygen atoms in total. The maximum Gasteiger partial charge on any atom is 0.141 e. The molecular formula is C13H9Cl2N3O. The van der Waals surface area contributed by atoms with Crippen LogP contribution in [-0.4, -0.2) is 21.9 Å². The molecule has 0 saturated heterocycles. The molecule has 0 aliphatic carbocycles. The summed E-state index contributed by atoms with van der Waals surface area (Å²) in [5.74, 6) is 0.757. The van der Waals surface area contributed by atoms with Crippen LogP contribution in [0.4, 0.5) is 0 Å². The summed E-state index contributed by atoms with van der Waals surface area (Å²) in [7, 11) is 1.62. The van der Waals surface area contributed by atoms with E-state index in [0.29, 0.717) is 10.3 Å². The molecule has 6 heteroatoms. The predicted octanol–water partition coefficient (Wildman–Crippen LogP) is 3.74. The third-order valence-electron chi connectivity index (χ3n) is 2.79. The van der Waals surface area contributed by atoms with Crippen LogP contribution >= 0.6 is 23.2 Å². The fourth-order valence-corrected chi connectivity index (χ4v) is 2.37. The van der Waals surface area contributed by atoms with Crippen molar-refractivity contribution in [3.63, 3.8) is 0 Å². The van der Waals surface area contributed by atoms with Gasteiger partial charge >= 0.3 is 0 Å². The van der Waals surface area contributed by atoms with Gasteiger partial charge in [0.05, 0.1) is 29.9 Å². The van der Waals surface area contributed by atoms with E-state index in [0.717, 1.165) is 22.3 Å². The van der Waals surface area contributed by atoms with E-state index in [1.54, 1.807) is 24.1 Å². The van der Waals surface area contributed by atoms with E-state index < -0.39 is 0 Å². The second-order valence-electron chi connectivity index (χ2n) is 3.93.